The van der Waals surface area contributed by atoms with Crippen LogP contribution >= 0.6 is 15.4 Å². The van der Waals surface area contributed by atoms with Gasteiger partial charge in [-0.25, -0.2) is 4.98 Å². The number of anilines is 4. The summed E-state index contributed by atoms with van der Waals surface area (Å²) in [4.78, 5) is 44.4. The molecule has 290 valence electrons. The van der Waals surface area contributed by atoms with Crippen molar-refractivity contribution in [1.29, 1.82) is 0 Å². The average Bonchev–Trinajstić information content (AvgIpc) is 3.39. The Kier molecular flexibility index (Phi) is 17.7. The van der Waals surface area contributed by atoms with Crippen LogP contribution in [0.1, 0.15) is 78.1 Å². The van der Waals surface area contributed by atoms with E-state index in [1.807, 2.05) is 0 Å². The first-order valence-electron chi connectivity index (χ1n) is 16.8. The molecule has 0 saturated heterocycles. The standard InChI is InChI=1S/C33H42F3N5O10P2.2Na/c1-5-49-52(43,50-6-2)18-20-7-13-26(28(15-20)47-4)39-32-37-16-25(33(34,35)36)30(40-32)38-27-14-12-23(24-17-41(3)31(42)29(24)27)21-8-10-22(11-9-21)48-19-51-53(44,45)46;;/h7,12-16,21-22H,5-6,8-11,17-19H2,1-4H3,(H2,44,45,46)(H2,37,38,39,40);;/q;2*+1/p-2. The number of phosphoric acid groups is 1. The summed E-state index contributed by atoms with van der Waals surface area (Å²) in [7, 11) is -5.58. The van der Waals surface area contributed by atoms with Gasteiger partial charge in [0.1, 0.15) is 17.1 Å². The maximum absolute atomic E-state index is 14.3. The Hall–Kier alpha value is -1.60. The molecule has 15 nitrogen and oxygen atoms in total. The number of nitrogens with one attached hydrogen (secondary N) is 2. The van der Waals surface area contributed by atoms with Gasteiger partial charge in [0.15, 0.2) is 6.79 Å². The van der Waals surface area contributed by atoms with Gasteiger partial charge in [0, 0.05) is 19.8 Å². The summed E-state index contributed by atoms with van der Waals surface area (Å²) in [5.41, 5.74) is 1.65. The zero-order valence-corrected chi connectivity index (χ0v) is 37.2. The van der Waals surface area contributed by atoms with Crippen LogP contribution in [0.4, 0.5) is 36.3 Å². The maximum Gasteiger partial charge on any atom is 1.00 e. The van der Waals surface area contributed by atoms with Gasteiger partial charge in [-0.2, -0.15) is 18.2 Å². The zero-order valence-electron chi connectivity index (χ0n) is 31.4. The first-order valence-corrected chi connectivity index (χ1v) is 20.0. The Labute approximate surface area is 361 Å². The maximum atomic E-state index is 14.3. The number of carbonyl (C=O) groups is 1. The molecule has 22 heteroatoms. The van der Waals surface area contributed by atoms with Crippen LogP contribution in [0.2, 0.25) is 0 Å². The Balaban J connectivity index is 0.00000406. The quantitative estimate of drug-likeness (QED) is 0.113. The number of nitrogens with zero attached hydrogens (tertiary/aromatic N) is 3. The molecule has 2 aliphatic rings. The van der Waals surface area contributed by atoms with E-state index >= 15 is 0 Å². The molecule has 55 heavy (non-hydrogen) atoms. The van der Waals surface area contributed by atoms with E-state index in [4.69, 9.17) is 18.5 Å². The summed E-state index contributed by atoms with van der Waals surface area (Å²) in [6.45, 7) is 3.36. The van der Waals surface area contributed by atoms with Gasteiger partial charge in [-0.3, -0.25) is 9.36 Å². The van der Waals surface area contributed by atoms with E-state index in [-0.39, 0.29) is 126 Å². The molecule has 0 atom stereocenters. The van der Waals surface area contributed by atoms with Crippen LogP contribution in [-0.2, 0) is 46.3 Å². The van der Waals surface area contributed by atoms with Crippen LogP contribution in [0.25, 0.3) is 0 Å². The molecule has 0 bridgehead atoms. The fraction of sp³-hybridized carbons (Fsp3) is 0.485. The van der Waals surface area contributed by atoms with E-state index in [0.29, 0.717) is 48.7 Å². The van der Waals surface area contributed by atoms with Crippen LogP contribution < -0.4 is 84.3 Å². The van der Waals surface area contributed by atoms with E-state index in [1.54, 1.807) is 51.2 Å². The van der Waals surface area contributed by atoms with E-state index in [0.717, 1.165) is 5.56 Å². The number of hydrogen-bond acceptors (Lipinski definition) is 14. The van der Waals surface area contributed by atoms with Crippen molar-refractivity contribution in [3.8, 4) is 5.75 Å². The average molecular weight is 832 g/mol. The molecule has 5 rings (SSSR count). The largest absolute Gasteiger partial charge is 1.00 e. The number of methoxy groups -OCH3 is 1. The van der Waals surface area contributed by atoms with E-state index in [2.05, 4.69) is 25.1 Å². The van der Waals surface area contributed by atoms with Gasteiger partial charge in [0.2, 0.25) is 5.95 Å². The summed E-state index contributed by atoms with van der Waals surface area (Å²) in [5.74, 6) is -0.891. The van der Waals surface area contributed by atoms with Gasteiger partial charge in [0.25, 0.3) is 5.91 Å². The van der Waals surface area contributed by atoms with Crippen molar-refractivity contribution in [2.45, 2.75) is 70.4 Å². The number of amides is 1. The molecule has 0 spiro atoms. The molecule has 1 saturated carbocycles. The fourth-order valence-corrected chi connectivity index (χ4v) is 8.35. The van der Waals surface area contributed by atoms with Gasteiger partial charge in [-0.05, 0) is 80.3 Å². The second kappa shape index (κ2) is 20.4. The number of fused-ring (bicyclic) bond motifs is 1. The van der Waals surface area contributed by atoms with Gasteiger partial charge >= 0.3 is 72.9 Å². The Morgan fingerprint density at radius 1 is 0.964 bits per heavy atom. The topological polar surface area (TPSA) is 197 Å². The minimum Gasteiger partial charge on any atom is -0.790 e. The van der Waals surface area contributed by atoms with Crippen molar-refractivity contribution in [2.75, 3.05) is 44.8 Å². The van der Waals surface area contributed by atoms with Crippen molar-refractivity contribution < 1.29 is 119 Å². The molecule has 1 aliphatic carbocycles. The van der Waals surface area contributed by atoms with Gasteiger partial charge in [-0.15, -0.1) is 0 Å². The van der Waals surface area contributed by atoms with Crippen molar-refractivity contribution in [1.82, 2.24) is 14.9 Å². The number of aromatic nitrogens is 2. The van der Waals surface area contributed by atoms with Crippen LogP contribution in [0, 0.1) is 0 Å². The number of benzene rings is 2. The number of rotatable bonds is 16. The predicted octanol–water partition coefficient (Wildman–Crippen LogP) is 0.197. The number of hydrogen-bond donors (Lipinski definition) is 2. The summed E-state index contributed by atoms with van der Waals surface area (Å²) >= 11 is 0. The molecule has 2 heterocycles. The van der Waals surface area contributed by atoms with E-state index in [9.17, 15) is 36.9 Å². The molecule has 3 aromatic rings. The van der Waals surface area contributed by atoms with Crippen LogP contribution in [0.3, 0.4) is 0 Å². The predicted molar refractivity (Wildman–Crippen MR) is 183 cm³/mol. The summed E-state index contributed by atoms with van der Waals surface area (Å²) in [6.07, 6.45) is -2.24. The second-order valence-electron chi connectivity index (χ2n) is 12.4. The third kappa shape index (κ3) is 12.4. The molecule has 0 unspecified atom stereocenters. The molecule has 0 radical (unpaired) electrons. The Morgan fingerprint density at radius 3 is 2.22 bits per heavy atom. The van der Waals surface area contributed by atoms with Crippen molar-refractivity contribution in [3.05, 3.63) is 64.3 Å². The number of alkyl halides is 3. The molecular weight excluding hydrogens is 791 g/mol. The normalized spacial score (nSPS) is 17.3. The van der Waals surface area contributed by atoms with Crippen molar-refractivity contribution in [2.24, 2.45) is 0 Å². The number of phosphoric ester groups is 1. The number of carbonyl (C=O) groups excluding carboxylic acids is 1. The minimum atomic E-state index is -5.15. The first-order chi connectivity index (χ1) is 25.0. The Morgan fingerprint density at radius 2 is 1.62 bits per heavy atom. The molecule has 1 aromatic heterocycles. The summed E-state index contributed by atoms with van der Waals surface area (Å²) in [6, 6.07) is 8.15. The second-order valence-corrected chi connectivity index (χ2v) is 15.6. The summed E-state index contributed by atoms with van der Waals surface area (Å²) < 4.78 is 92.4. The third-order valence-corrected chi connectivity index (χ3v) is 11.3. The molecule has 2 aromatic carbocycles. The molecular formula is C33H40F3N5Na2O10P2. The zero-order chi connectivity index (χ0) is 38.6. The van der Waals surface area contributed by atoms with Gasteiger partial charge in [0.05, 0.1) is 57.4 Å². The smallest absolute Gasteiger partial charge is 0.790 e. The number of halogens is 3. The van der Waals surface area contributed by atoms with Crippen molar-refractivity contribution >= 4 is 44.5 Å². The fourth-order valence-electron chi connectivity index (χ4n) is 6.47. The van der Waals surface area contributed by atoms with E-state index < -0.39 is 39.8 Å². The monoisotopic (exact) mass is 831 g/mol. The summed E-state index contributed by atoms with van der Waals surface area (Å²) in [5, 5.41) is 5.65. The van der Waals surface area contributed by atoms with Crippen LogP contribution in [0.5, 0.6) is 5.75 Å². The molecule has 1 amide bonds. The third-order valence-electron chi connectivity index (χ3n) is 8.82. The molecule has 1 aliphatic heterocycles. The van der Waals surface area contributed by atoms with E-state index in [1.165, 1.54) is 12.0 Å². The Bertz CT molecular complexity index is 1890. The SMILES string of the molecule is CCOP(=O)(Cc1ccc(Nc2ncc(C(F)(F)F)c(Nc3ccc(C4CCC(OCOP(=O)([O-])[O-])CC4)c4c3C(=O)N(C)C4)n2)c(OC)c1)OCC.[Na+].[Na+]. The molecule has 1 fully saturated rings. The first kappa shape index (κ1) is 47.8. The number of ether oxygens (including phenoxy) is 2. The van der Waals surface area contributed by atoms with Crippen LogP contribution in [-0.4, -0.2) is 61.0 Å². The van der Waals surface area contributed by atoms with Gasteiger partial charge in [-0.1, -0.05) is 12.1 Å². The van der Waals surface area contributed by atoms with Crippen LogP contribution in [0.15, 0.2) is 36.5 Å². The minimum absolute atomic E-state index is 0. The van der Waals surface area contributed by atoms with Crippen molar-refractivity contribution in [3.63, 3.8) is 0 Å². The molecule has 2 N–H and O–H groups in total. The van der Waals surface area contributed by atoms with Gasteiger partial charge < -0.3 is 52.9 Å².